The number of hydrogen-bond donors (Lipinski definition) is 1. The lowest BCUT2D eigenvalue weighted by Gasteiger charge is -2.02. The van der Waals surface area contributed by atoms with E-state index < -0.39 is 4.92 Å². The molecule has 3 aromatic rings. The van der Waals surface area contributed by atoms with Gasteiger partial charge in [0.1, 0.15) is 0 Å². The second kappa shape index (κ2) is 7.05. The van der Waals surface area contributed by atoms with Gasteiger partial charge in [0.25, 0.3) is 5.69 Å². The summed E-state index contributed by atoms with van der Waals surface area (Å²) in [5.41, 5.74) is 5.09. The topological polar surface area (TPSA) is 106 Å². The molecule has 8 heteroatoms. The average Bonchev–Trinajstić information content (AvgIpc) is 2.63. The number of anilines is 1. The highest BCUT2D eigenvalue weighted by Crippen LogP contribution is 2.15. The molecule has 0 radical (unpaired) electrons. The van der Waals surface area contributed by atoms with E-state index in [9.17, 15) is 10.1 Å². The molecule has 118 valence electrons. The average molecular weight is 320 g/mol. The Morgan fingerprint density at radius 3 is 2.67 bits per heavy atom. The Hall–Kier alpha value is -3.68. The number of non-ortho nitro benzene ring substituents is 1. The molecule has 0 saturated carbocycles. The van der Waals surface area contributed by atoms with Crippen LogP contribution in [-0.2, 0) is 0 Å². The summed E-state index contributed by atoms with van der Waals surface area (Å²) in [4.78, 5) is 22.6. The van der Waals surface area contributed by atoms with Crippen LogP contribution in [0.25, 0.3) is 11.3 Å². The predicted octanol–water partition coefficient (Wildman–Crippen LogP) is 2.89. The number of nitrogens with one attached hydrogen (secondary N) is 1. The molecule has 2 aromatic heterocycles. The number of hydrogen-bond acceptors (Lipinski definition) is 7. The second-order valence-electron chi connectivity index (χ2n) is 4.73. The van der Waals surface area contributed by atoms with Crippen molar-refractivity contribution in [3.8, 4) is 11.3 Å². The van der Waals surface area contributed by atoms with Gasteiger partial charge in [0.05, 0.1) is 16.8 Å². The van der Waals surface area contributed by atoms with Crippen LogP contribution in [0.1, 0.15) is 5.56 Å². The second-order valence-corrected chi connectivity index (χ2v) is 4.73. The fraction of sp³-hybridized carbons (Fsp3) is 0. The molecule has 0 aliphatic heterocycles. The first-order valence-corrected chi connectivity index (χ1v) is 6.99. The van der Waals surface area contributed by atoms with Gasteiger partial charge >= 0.3 is 0 Å². The third-order valence-electron chi connectivity index (χ3n) is 3.09. The summed E-state index contributed by atoms with van der Waals surface area (Å²) >= 11 is 0. The minimum Gasteiger partial charge on any atom is -0.264 e. The van der Waals surface area contributed by atoms with Crippen LogP contribution >= 0.6 is 0 Å². The smallest absolute Gasteiger partial charge is 0.264 e. The first-order valence-electron chi connectivity index (χ1n) is 6.99. The summed E-state index contributed by atoms with van der Waals surface area (Å²) in [6.45, 7) is 0. The van der Waals surface area contributed by atoms with E-state index in [0.29, 0.717) is 5.95 Å². The zero-order valence-corrected chi connectivity index (χ0v) is 12.4. The van der Waals surface area contributed by atoms with Gasteiger partial charge in [-0.2, -0.15) is 5.10 Å². The summed E-state index contributed by atoms with van der Waals surface area (Å²) in [5, 5.41) is 14.6. The molecule has 0 aliphatic carbocycles. The van der Waals surface area contributed by atoms with Crippen LogP contribution in [0, 0.1) is 10.1 Å². The van der Waals surface area contributed by atoms with Gasteiger partial charge in [-0.25, -0.2) is 15.4 Å². The van der Waals surface area contributed by atoms with Crippen LogP contribution in [0.5, 0.6) is 0 Å². The number of nitro benzene ring substituents is 1. The Labute approximate surface area is 137 Å². The van der Waals surface area contributed by atoms with Crippen molar-refractivity contribution in [1.82, 2.24) is 15.0 Å². The predicted molar refractivity (Wildman–Crippen MR) is 89.6 cm³/mol. The van der Waals surface area contributed by atoms with Crippen molar-refractivity contribution in [3.05, 3.63) is 76.7 Å². The van der Waals surface area contributed by atoms with Crippen LogP contribution < -0.4 is 5.43 Å². The van der Waals surface area contributed by atoms with Gasteiger partial charge in [0.2, 0.25) is 5.95 Å². The maximum atomic E-state index is 10.6. The van der Waals surface area contributed by atoms with E-state index in [0.717, 1.165) is 16.8 Å². The third kappa shape index (κ3) is 3.74. The van der Waals surface area contributed by atoms with E-state index >= 15 is 0 Å². The lowest BCUT2D eigenvalue weighted by Crippen LogP contribution is -1.98. The van der Waals surface area contributed by atoms with Gasteiger partial charge in [-0.05, 0) is 35.9 Å². The van der Waals surface area contributed by atoms with Crippen LogP contribution in [0.4, 0.5) is 11.6 Å². The molecular weight excluding hydrogens is 308 g/mol. The lowest BCUT2D eigenvalue weighted by molar-refractivity contribution is -0.384. The van der Waals surface area contributed by atoms with Gasteiger partial charge in [-0.3, -0.25) is 15.1 Å². The molecule has 0 unspecified atom stereocenters. The highest BCUT2D eigenvalue weighted by molar-refractivity contribution is 5.80. The van der Waals surface area contributed by atoms with E-state index in [-0.39, 0.29) is 5.69 Å². The molecular formula is C16H12N6O2. The molecule has 24 heavy (non-hydrogen) atoms. The number of rotatable bonds is 5. The van der Waals surface area contributed by atoms with Crippen LogP contribution in [0.2, 0.25) is 0 Å². The zero-order valence-electron chi connectivity index (χ0n) is 12.4. The summed E-state index contributed by atoms with van der Waals surface area (Å²) in [6.07, 6.45) is 6.56. The number of hydrazone groups is 1. The molecule has 0 spiro atoms. The SMILES string of the molecule is O=[N+]([O-])c1ccc(C=NNc2nccc(-c3cccnc3)n2)cc1. The Kier molecular flexibility index (Phi) is 4.47. The molecule has 2 heterocycles. The quantitative estimate of drug-likeness (QED) is 0.440. The maximum absolute atomic E-state index is 10.6. The highest BCUT2D eigenvalue weighted by atomic mass is 16.6. The van der Waals surface area contributed by atoms with Gasteiger partial charge in [0, 0.05) is 36.3 Å². The Bertz CT molecular complexity index is 865. The molecule has 0 saturated heterocycles. The number of nitro groups is 1. The van der Waals surface area contributed by atoms with Gasteiger partial charge in [-0.1, -0.05) is 0 Å². The molecule has 8 nitrogen and oxygen atoms in total. The van der Waals surface area contributed by atoms with Gasteiger partial charge < -0.3 is 0 Å². The van der Waals surface area contributed by atoms with E-state index in [2.05, 4.69) is 25.5 Å². The van der Waals surface area contributed by atoms with Crippen LogP contribution in [0.15, 0.2) is 66.2 Å². The number of pyridine rings is 1. The molecule has 0 atom stereocenters. The molecule has 0 aliphatic rings. The Morgan fingerprint density at radius 2 is 1.96 bits per heavy atom. The number of benzene rings is 1. The minimum atomic E-state index is -0.447. The van der Waals surface area contributed by atoms with Crippen molar-refractivity contribution in [2.45, 2.75) is 0 Å². The minimum absolute atomic E-state index is 0.0348. The zero-order chi connectivity index (χ0) is 16.8. The van der Waals surface area contributed by atoms with E-state index in [1.54, 1.807) is 36.8 Å². The molecule has 1 N–H and O–H groups in total. The number of aromatic nitrogens is 3. The molecule has 0 amide bonds. The Morgan fingerprint density at radius 1 is 1.12 bits per heavy atom. The van der Waals surface area contributed by atoms with Crippen molar-refractivity contribution in [2.75, 3.05) is 5.43 Å². The number of nitrogens with zero attached hydrogens (tertiary/aromatic N) is 5. The highest BCUT2D eigenvalue weighted by Gasteiger charge is 2.03. The first kappa shape index (κ1) is 15.2. The first-order chi connectivity index (χ1) is 11.7. The molecule has 0 bridgehead atoms. The lowest BCUT2D eigenvalue weighted by atomic mass is 10.2. The fourth-order valence-corrected chi connectivity index (χ4v) is 1.93. The fourth-order valence-electron chi connectivity index (χ4n) is 1.93. The Balaban J connectivity index is 1.69. The van der Waals surface area contributed by atoms with Crippen molar-refractivity contribution >= 4 is 17.9 Å². The maximum Gasteiger partial charge on any atom is 0.269 e. The van der Waals surface area contributed by atoms with E-state index in [1.807, 2.05) is 12.1 Å². The molecule has 1 aromatic carbocycles. The molecule has 3 rings (SSSR count). The summed E-state index contributed by atoms with van der Waals surface area (Å²) < 4.78 is 0. The third-order valence-corrected chi connectivity index (χ3v) is 3.09. The van der Waals surface area contributed by atoms with Crippen molar-refractivity contribution in [3.63, 3.8) is 0 Å². The van der Waals surface area contributed by atoms with Gasteiger partial charge in [0.15, 0.2) is 0 Å². The standard InChI is InChI=1S/C16H12N6O2/c23-22(24)14-5-3-12(4-6-14)10-19-21-16-18-9-7-15(20-16)13-2-1-8-17-11-13/h1-11H,(H,18,20,21). The summed E-state index contributed by atoms with van der Waals surface area (Å²) in [5.74, 6) is 0.342. The van der Waals surface area contributed by atoms with Crippen molar-refractivity contribution < 1.29 is 4.92 Å². The normalized spacial score (nSPS) is 10.7. The van der Waals surface area contributed by atoms with Crippen LogP contribution in [0.3, 0.4) is 0 Å². The largest absolute Gasteiger partial charge is 0.269 e. The molecule has 0 fully saturated rings. The van der Waals surface area contributed by atoms with Gasteiger partial charge in [-0.15, -0.1) is 0 Å². The van der Waals surface area contributed by atoms with E-state index in [1.165, 1.54) is 18.3 Å². The monoisotopic (exact) mass is 320 g/mol. The van der Waals surface area contributed by atoms with E-state index in [4.69, 9.17) is 0 Å². The summed E-state index contributed by atoms with van der Waals surface area (Å²) in [6, 6.07) is 11.6. The summed E-state index contributed by atoms with van der Waals surface area (Å²) in [7, 11) is 0. The van der Waals surface area contributed by atoms with Crippen molar-refractivity contribution in [2.24, 2.45) is 5.10 Å². The van der Waals surface area contributed by atoms with Crippen LogP contribution in [-0.4, -0.2) is 26.1 Å². The van der Waals surface area contributed by atoms with Crippen molar-refractivity contribution in [1.29, 1.82) is 0 Å².